The van der Waals surface area contributed by atoms with Crippen molar-refractivity contribution >= 4 is 11.8 Å². The minimum atomic E-state index is -0.546. The van der Waals surface area contributed by atoms with E-state index in [4.69, 9.17) is 4.74 Å². The molecule has 9 heteroatoms. The lowest BCUT2D eigenvalue weighted by molar-refractivity contribution is -0.131. The van der Waals surface area contributed by atoms with Gasteiger partial charge in [0.25, 0.3) is 5.91 Å². The summed E-state index contributed by atoms with van der Waals surface area (Å²) in [6, 6.07) is 6.14. The summed E-state index contributed by atoms with van der Waals surface area (Å²) in [5, 5.41) is 7.31. The molecule has 1 aliphatic heterocycles. The number of hydrogen-bond acceptors (Lipinski definition) is 5. The van der Waals surface area contributed by atoms with Crippen LogP contribution in [-0.2, 0) is 16.6 Å². The molecule has 1 aliphatic rings. The summed E-state index contributed by atoms with van der Waals surface area (Å²) in [4.78, 5) is 24.1. The molecule has 2 amide bonds. The van der Waals surface area contributed by atoms with E-state index in [0.29, 0.717) is 25.0 Å². The number of aromatic nitrogens is 3. The molecule has 2 atom stereocenters. The van der Waals surface area contributed by atoms with Crippen molar-refractivity contribution in [3.8, 4) is 0 Å². The minimum absolute atomic E-state index is 0.104. The first-order valence-corrected chi connectivity index (χ1v) is 7.86. The molecule has 1 fully saturated rings. The van der Waals surface area contributed by atoms with E-state index in [9.17, 15) is 14.0 Å². The Morgan fingerprint density at radius 3 is 2.92 bits per heavy atom. The largest absolute Gasteiger partial charge is 0.373 e. The van der Waals surface area contributed by atoms with Gasteiger partial charge in [0, 0.05) is 19.6 Å². The number of amides is 2. The normalized spacial score (nSPS) is 20.1. The fourth-order valence-electron chi connectivity index (χ4n) is 2.71. The number of hydrazine groups is 1. The van der Waals surface area contributed by atoms with Gasteiger partial charge in [-0.3, -0.25) is 25.1 Å². The van der Waals surface area contributed by atoms with E-state index >= 15 is 0 Å². The molecule has 1 aromatic heterocycles. The van der Waals surface area contributed by atoms with Gasteiger partial charge in [-0.05, 0) is 30.5 Å². The fraction of sp³-hybridized carbons (Fsp3) is 0.375. The van der Waals surface area contributed by atoms with E-state index in [1.165, 1.54) is 23.0 Å². The van der Waals surface area contributed by atoms with Crippen LogP contribution >= 0.6 is 0 Å². The Kier molecular flexibility index (Phi) is 5.03. The topological polar surface area (TPSA) is 98.1 Å². The van der Waals surface area contributed by atoms with Crippen molar-refractivity contribution < 1.29 is 18.7 Å². The van der Waals surface area contributed by atoms with Gasteiger partial charge in [-0.2, -0.15) is 0 Å². The van der Waals surface area contributed by atoms with Gasteiger partial charge in [0.15, 0.2) is 5.69 Å². The highest BCUT2D eigenvalue weighted by atomic mass is 19.1. The molecule has 3 rings (SSSR count). The third-order valence-corrected chi connectivity index (χ3v) is 4.01. The van der Waals surface area contributed by atoms with Crippen LogP contribution in [0.5, 0.6) is 0 Å². The number of rotatable bonds is 3. The molecule has 0 spiro atoms. The van der Waals surface area contributed by atoms with Crippen molar-refractivity contribution in [2.24, 2.45) is 13.0 Å². The smallest absolute Gasteiger partial charge is 0.291 e. The average Bonchev–Trinajstić information content (AvgIpc) is 3.06. The molecule has 0 aliphatic carbocycles. The first-order chi connectivity index (χ1) is 12.0. The second-order valence-electron chi connectivity index (χ2n) is 5.86. The van der Waals surface area contributed by atoms with Crippen LogP contribution in [0.2, 0.25) is 0 Å². The highest BCUT2D eigenvalue weighted by molar-refractivity contribution is 5.93. The Balaban J connectivity index is 1.56. The van der Waals surface area contributed by atoms with Gasteiger partial charge in [0.2, 0.25) is 5.91 Å². The van der Waals surface area contributed by atoms with E-state index in [0.717, 1.165) is 0 Å². The number of aryl methyl sites for hydroxylation is 1. The monoisotopic (exact) mass is 347 g/mol. The molecule has 8 nitrogen and oxygen atoms in total. The van der Waals surface area contributed by atoms with E-state index in [2.05, 4.69) is 21.2 Å². The quantitative estimate of drug-likeness (QED) is 0.804. The predicted octanol–water partition coefficient (Wildman–Crippen LogP) is 0.883. The van der Waals surface area contributed by atoms with Gasteiger partial charge in [-0.1, -0.05) is 17.3 Å². The van der Waals surface area contributed by atoms with Crippen molar-refractivity contribution in [3.05, 3.63) is 47.5 Å². The molecule has 0 saturated carbocycles. The number of carbonyl (C=O) groups excluding carboxylic acids is 2. The van der Waals surface area contributed by atoms with Gasteiger partial charge in [0.05, 0.1) is 12.3 Å². The van der Waals surface area contributed by atoms with Crippen LogP contribution in [0.25, 0.3) is 0 Å². The number of nitrogens with one attached hydrogen (secondary N) is 2. The van der Waals surface area contributed by atoms with Gasteiger partial charge < -0.3 is 4.74 Å². The zero-order valence-corrected chi connectivity index (χ0v) is 13.6. The zero-order chi connectivity index (χ0) is 17.8. The Labute approximate surface area is 143 Å². The van der Waals surface area contributed by atoms with Gasteiger partial charge in [-0.25, -0.2) is 4.39 Å². The van der Waals surface area contributed by atoms with Crippen LogP contribution in [0.1, 0.15) is 35.0 Å². The van der Waals surface area contributed by atoms with Crippen molar-refractivity contribution in [1.29, 1.82) is 0 Å². The van der Waals surface area contributed by atoms with E-state index in [1.807, 2.05) is 0 Å². The predicted molar refractivity (Wildman–Crippen MR) is 84.4 cm³/mol. The van der Waals surface area contributed by atoms with Crippen molar-refractivity contribution in [3.63, 3.8) is 0 Å². The maximum absolute atomic E-state index is 13.4. The van der Waals surface area contributed by atoms with Crippen LogP contribution in [-0.4, -0.2) is 33.4 Å². The molecular weight excluding hydrogens is 329 g/mol. The molecule has 0 unspecified atom stereocenters. The number of carbonyl (C=O) groups is 2. The second-order valence-corrected chi connectivity index (χ2v) is 5.86. The SMILES string of the molecule is Cn1cc(C(=O)NNC(=O)[C@@H]2CCO[C@H](c3cccc(F)c3)C2)nn1. The summed E-state index contributed by atoms with van der Waals surface area (Å²) >= 11 is 0. The lowest BCUT2D eigenvalue weighted by atomic mass is 9.91. The maximum Gasteiger partial charge on any atom is 0.291 e. The fourth-order valence-corrected chi connectivity index (χ4v) is 2.71. The average molecular weight is 347 g/mol. The maximum atomic E-state index is 13.4. The Hall–Kier alpha value is -2.81. The molecule has 1 aromatic carbocycles. The van der Waals surface area contributed by atoms with Crippen LogP contribution in [0.3, 0.4) is 0 Å². The van der Waals surface area contributed by atoms with Crippen molar-refractivity contribution in [2.75, 3.05) is 6.61 Å². The first-order valence-electron chi connectivity index (χ1n) is 7.86. The molecule has 1 saturated heterocycles. The van der Waals surface area contributed by atoms with Gasteiger partial charge >= 0.3 is 0 Å². The molecule has 132 valence electrons. The van der Waals surface area contributed by atoms with E-state index < -0.39 is 5.91 Å². The van der Waals surface area contributed by atoms with Crippen LogP contribution in [0, 0.1) is 11.7 Å². The highest BCUT2D eigenvalue weighted by Crippen LogP contribution is 2.31. The molecular formula is C16H18FN5O3. The van der Waals surface area contributed by atoms with Gasteiger partial charge in [-0.15, -0.1) is 5.10 Å². The number of hydrogen-bond donors (Lipinski definition) is 2. The van der Waals surface area contributed by atoms with Crippen molar-refractivity contribution in [2.45, 2.75) is 18.9 Å². The summed E-state index contributed by atoms with van der Waals surface area (Å²) in [6.07, 6.45) is 2.03. The third-order valence-electron chi connectivity index (χ3n) is 4.01. The van der Waals surface area contributed by atoms with E-state index in [1.54, 1.807) is 19.2 Å². The summed E-state index contributed by atoms with van der Waals surface area (Å²) < 4.78 is 20.4. The minimum Gasteiger partial charge on any atom is -0.373 e. The van der Waals surface area contributed by atoms with Crippen LogP contribution in [0.4, 0.5) is 4.39 Å². The number of nitrogens with zero attached hydrogens (tertiary/aromatic N) is 3. The third kappa shape index (κ3) is 4.18. The molecule has 2 N–H and O–H groups in total. The lowest BCUT2D eigenvalue weighted by Crippen LogP contribution is -2.46. The van der Waals surface area contributed by atoms with Gasteiger partial charge in [0.1, 0.15) is 5.82 Å². The standard InChI is InChI=1S/C16H18FN5O3/c1-22-9-13(18-21-22)16(24)20-19-15(23)11-5-6-25-14(8-11)10-3-2-4-12(17)7-10/h2-4,7,9,11,14H,5-6,8H2,1H3,(H,19,23)(H,20,24)/t11-,14+/m1/s1. The Bertz CT molecular complexity index is 779. The molecule has 0 bridgehead atoms. The zero-order valence-electron chi connectivity index (χ0n) is 13.6. The molecule has 2 aromatic rings. The number of benzene rings is 1. The van der Waals surface area contributed by atoms with Crippen molar-refractivity contribution in [1.82, 2.24) is 25.8 Å². The second kappa shape index (κ2) is 7.39. The highest BCUT2D eigenvalue weighted by Gasteiger charge is 2.29. The first kappa shape index (κ1) is 17.0. The van der Waals surface area contributed by atoms with E-state index in [-0.39, 0.29) is 29.4 Å². The summed E-state index contributed by atoms with van der Waals surface area (Å²) in [5.41, 5.74) is 5.52. The number of halogens is 1. The summed E-state index contributed by atoms with van der Waals surface area (Å²) in [7, 11) is 1.64. The lowest BCUT2D eigenvalue weighted by Gasteiger charge is -2.29. The molecule has 0 radical (unpaired) electrons. The molecule has 25 heavy (non-hydrogen) atoms. The Morgan fingerprint density at radius 1 is 1.36 bits per heavy atom. The summed E-state index contributed by atoms with van der Waals surface area (Å²) in [5.74, 6) is -1.55. The Morgan fingerprint density at radius 2 is 2.20 bits per heavy atom. The summed E-state index contributed by atoms with van der Waals surface area (Å²) in [6.45, 7) is 0.386. The molecule has 2 heterocycles. The van der Waals surface area contributed by atoms with Crippen LogP contribution in [0.15, 0.2) is 30.5 Å². The van der Waals surface area contributed by atoms with Crippen LogP contribution < -0.4 is 10.9 Å². The number of ether oxygens (including phenoxy) is 1.